The summed E-state index contributed by atoms with van der Waals surface area (Å²) >= 11 is 1.34. The van der Waals surface area contributed by atoms with Gasteiger partial charge in [0.25, 0.3) is 5.19 Å². The minimum Gasteiger partial charge on any atom is -0.457 e. The maximum absolute atomic E-state index is 10.9. The van der Waals surface area contributed by atoms with Crippen LogP contribution in [0.15, 0.2) is 60.8 Å². The van der Waals surface area contributed by atoms with E-state index in [9.17, 15) is 4.79 Å². The number of hydrogen-bond acceptors (Lipinski definition) is 5. The van der Waals surface area contributed by atoms with Crippen LogP contribution in [0.25, 0.3) is 0 Å². The number of amides is 1. The second kappa shape index (κ2) is 8.88. The molecule has 1 unspecified atom stereocenters. The predicted octanol–water partition coefficient (Wildman–Crippen LogP) is 4.59. The summed E-state index contributed by atoms with van der Waals surface area (Å²) in [7, 11) is 0. The number of aromatic nitrogens is 1. The van der Waals surface area contributed by atoms with Gasteiger partial charge < -0.3 is 15.2 Å². The summed E-state index contributed by atoms with van der Waals surface area (Å²) in [6.07, 6.45) is 1.89. The highest BCUT2D eigenvalue weighted by molar-refractivity contribution is 7.13. The van der Waals surface area contributed by atoms with Crippen molar-refractivity contribution in [3.8, 4) is 34.3 Å². The minimum atomic E-state index is -0.357. The zero-order valence-corrected chi connectivity index (χ0v) is 15.5. The molecule has 3 rings (SSSR count). The van der Waals surface area contributed by atoms with E-state index in [1.54, 1.807) is 6.20 Å². The van der Waals surface area contributed by atoms with Gasteiger partial charge in [-0.25, -0.2) is 4.98 Å². The number of thiazole rings is 1. The number of para-hydroxylation sites is 1. The van der Waals surface area contributed by atoms with Crippen molar-refractivity contribution in [2.75, 3.05) is 0 Å². The van der Waals surface area contributed by atoms with Crippen LogP contribution in [-0.2, 0) is 4.79 Å². The molecule has 5 nitrogen and oxygen atoms in total. The van der Waals surface area contributed by atoms with Gasteiger partial charge in [-0.3, -0.25) is 4.79 Å². The summed E-state index contributed by atoms with van der Waals surface area (Å²) in [5.41, 5.74) is 5.16. The third kappa shape index (κ3) is 5.87. The quantitative estimate of drug-likeness (QED) is 0.637. The van der Waals surface area contributed by atoms with Crippen LogP contribution in [0.4, 0.5) is 0 Å². The van der Waals surface area contributed by atoms with E-state index >= 15 is 0 Å². The van der Waals surface area contributed by atoms with Crippen LogP contribution in [0, 0.1) is 17.8 Å². The van der Waals surface area contributed by atoms with Crippen molar-refractivity contribution < 1.29 is 14.3 Å². The zero-order chi connectivity index (χ0) is 19.1. The van der Waals surface area contributed by atoms with Gasteiger partial charge in [0.05, 0.1) is 6.20 Å². The first-order valence-electron chi connectivity index (χ1n) is 8.35. The number of carbonyl (C=O) groups excluding carboxylic acids is 1. The standard InChI is InChI=1S/C21H18N2O3S/c1-15(13-20(22)24)7-12-19-14-23-21(27-19)26-18-10-8-17(9-11-18)25-16-5-3-2-4-6-16/h2-6,8-11,14-15H,13H2,1H3,(H2,22,24). The Morgan fingerprint density at radius 2 is 1.70 bits per heavy atom. The molecule has 1 amide bonds. The molecular formula is C21H18N2O3S. The average Bonchev–Trinajstić information content (AvgIpc) is 3.09. The summed E-state index contributed by atoms with van der Waals surface area (Å²) in [6.45, 7) is 1.86. The van der Waals surface area contributed by atoms with Gasteiger partial charge in [0.15, 0.2) is 0 Å². The average molecular weight is 378 g/mol. The largest absolute Gasteiger partial charge is 0.457 e. The number of nitrogens with two attached hydrogens (primary N) is 1. The van der Waals surface area contributed by atoms with E-state index in [1.807, 2.05) is 61.5 Å². The highest BCUT2D eigenvalue weighted by Gasteiger charge is 2.05. The van der Waals surface area contributed by atoms with Crippen LogP contribution in [0.3, 0.4) is 0 Å². The lowest BCUT2D eigenvalue weighted by Crippen LogP contribution is -2.13. The van der Waals surface area contributed by atoms with Crippen molar-refractivity contribution in [3.05, 3.63) is 65.7 Å². The number of hydrogen-bond donors (Lipinski definition) is 1. The third-order valence-electron chi connectivity index (χ3n) is 3.44. The molecule has 0 aliphatic carbocycles. The van der Waals surface area contributed by atoms with Crippen molar-refractivity contribution >= 4 is 17.2 Å². The summed E-state index contributed by atoms with van der Waals surface area (Å²) in [4.78, 5) is 15.9. The molecule has 0 saturated carbocycles. The predicted molar refractivity (Wildman–Crippen MR) is 105 cm³/mol. The molecule has 0 radical (unpaired) electrons. The second-order valence-corrected chi connectivity index (χ2v) is 6.81. The maximum atomic E-state index is 10.9. The van der Waals surface area contributed by atoms with Gasteiger partial charge in [0.1, 0.15) is 22.1 Å². The summed E-state index contributed by atoms with van der Waals surface area (Å²) in [6, 6.07) is 16.9. The molecule has 0 saturated heterocycles. The molecule has 1 atom stereocenters. The van der Waals surface area contributed by atoms with E-state index in [4.69, 9.17) is 15.2 Å². The van der Waals surface area contributed by atoms with Crippen LogP contribution < -0.4 is 15.2 Å². The van der Waals surface area contributed by atoms with Crippen molar-refractivity contribution in [1.82, 2.24) is 4.98 Å². The van der Waals surface area contributed by atoms with Crippen LogP contribution in [0.1, 0.15) is 18.2 Å². The highest BCUT2D eigenvalue weighted by atomic mass is 32.1. The number of primary amides is 1. The lowest BCUT2D eigenvalue weighted by Gasteiger charge is -2.06. The smallest absolute Gasteiger partial charge is 0.279 e. The fourth-order valence-corrected chi connectivity index (χ4v) is 2.86. The Labute approximate surface area is 161 Å². The molecule has 0 fully saturated rings. The molecule has 136 valence electrons. The topological polar surface area (TPSA) is 74.4 Å². The van der Waals surface area contributed by atoms with Gasteiger partial charge in [-0.2, -0.15) is 0 Å². The lowest BCUT2D eigenvalue weighted by atomic mass is 10.1. The number of rotatable bonds is 6. The first-order chi connectivity index (χ1) is 13.1. The second-order valence-electron chi connectivity index (χ2n) is 5.82. The van der Waals surface area contributed by atoms with Crippen LogP contribution in [0.2, 0.25) is 0 Å². The fraction of sp³-hybridized carbons (Fsp3) is 0.143. The molecule has 1 heterocycles. The molecule has 3 aromatic rings. The van der Waals surface area contributed by atoms with Crippen LogP contribution in [-0.4, -0.2) is 10.9 Å². The molecular weight excluding hydrogens is 360 g/mol. The van der Waals surface area contributed by atoms with Gasteiger partial charge in [-0.05, 0) is 36.4 Å². The molecule has 0 aliphatic rings. The Kier molecular flexibility index (Phi) is 6.08. The van der Waals surface area contributed by atoms with Gasteiger partial charge in [-0.15, -0.1) is 0 Å². The lowest BCUT2D eigenvalue weighted by molar-refractivity contribution is -0.118. The minimum absolute atomic E-state index is 0.0915. The normalized spacial score (nSPS) is 11.1. The Morgan fingerprint density at radius 1 is 1.07 bits per heavy atom. The fourth-order valence-electron chi connectivity index (χ4n) is 2.21. The van der Waals surface area contributed by atoms with E-state index in [2.05, 4.69) is 16.8 Å². The van der Waals surface area contributed by atoms with E-state index in [0.717, 1.165) is 16.4 Å². The van der Waals surface area contributed by atoms with Gasteiger partial charge in [0, 0.05) is 12.3 Å². The Hall–Kier alpha value is -3.30. The van der Waals surface area contributed by atoms with E-state index in [1.165, 1.54) is 11.3 Å². The summed E-state index contributed by atoms with van der Waals surface area (Å²) in [5.74, 6) is 7.69. The number of carbonyl (C=O) groups is 1. The highest BCUT2D eigenvalue weighted by Crippen LogP contribution is 2.29. The van der Waals surface area contributed by atoms with Crippen LogP contribution in [0.5, 0.6) is 22.4 Å². The van der Waals surface area contributed by atoms with Gasteiger partial charge in [-0.1, -0.05) is 48.3 Å². The number of ether oxygens (including phenoxy) is 2. The van der Waals surface area contributed by atoms with Gasteiger partial charge >= 0.3 is 0 Å². The molecule has 0 bridgehead atoms. The van der Waals surface area contributed by atoms with Crippen molar-refractivity contribution in [3.63, 3.8) is 0 Å². The first kappa shape index (κ1) is 18.5. The maximum Gasteiger partial charge on any atom is 0.279 e. The Morgan fingerprint density at radius 3 is 2.37 bits per heavy atom. The molecule has 27 heavy (non-hydrogen) atoms. The van der Waals surface area contributed by atoms with Gasteiger partial charge in [0.2, 0.25) is 5.91 Å². The van der Waals surface area contributed by atoms with E-state index in [-0.39, 0.29) is 18.2 Å². The van der Waals surface area contributed by atoms with Crippen molar-refractivity contribution in [1.29, 1.82) is 0 Å². The number of nitrogens with zero attached hydrogens (tertiary/aromatic N) is 1. The van der Waals surface area contributed by atoms with Crippen LogP contribution >= 0.6 is 11.3 Å². The molecule has 6 heteroatoms. The Balaban J connectivity index is 1.59. The third-order valence-corrected chi connectivity index (χ3v) is 4.23. The monoisotopic (exact) mass is 378 g/mol. The molecule has 2 aromatic carbocycles. The molecule has 2 N–H and O–H groups in total. The number of benzene rings is 2. The molecule has 0 spiro atoms. The molecule has 0 aliphatic heterocycles. The SMILES string of the molecule is CC(C#Cc1cnc(Oc2ccc(Oc3ccccc3)cc2)s1)CC(N)=O. The van der Waals surface area contributed by atoms with E-state index < -0.39 is 0 Å². The van der Waals surface area contributed by atoms with Crippen molar-refractivity contribution in [2.24, 2.45) is 11.7 Å². The van der Waals surface area contributed by atoms with E-state index in [0.29, 0.717) is 10.9 Å². The zero-order valence-electron chi connectivity index (χ0n) is 14.7. The van der Waals surface area contributed by atoms with Crippen molar-refractivity contribution in [2.45, 2.75) is 13.3 Å². The summed E-state index contributed by atoms with van der Waals surface area (Å²) in [5, 5.41) is 0.499. The Bertz CT molecular complexity index is 956. The molecule has 1 aromatic heterocycles. The first-order valence-corrected chi connectivity index (χ1v) is 9.16. The summed E-state index contributed by atoms with van der Waals surface area (Å²) < 4.78 is 11.5.